The van der Waals surface area contributed by atoms with E-state index in [0.717, 1.165) is 6.42 Å². The van der Waals surface area contributed by atoms with Gasteiger partial charge in [-0.2, -0.15) is 0 Å². The maximum absolute atomic E-state index is 12.2. The monoisotopic (exact) mass is 322 g/mol. The van der Waals surface area contributed by atoms with Gasteiger partial charge in [0, 0.05) is 18.8 Å². The van der Waals surface area contributed by atoms with Crippen LogP contribution in [0, 0.1) is 17.8 Å². The third kappa shape index (κ3) is 5.81. The molecule has 5 heteroatoms. The average molecular weight is 322 g/mol. The molecule has 1 N–H and O–H groups in total. The number of hydrogen-bond acceptors (Lipinski definition) is 4. The molecule has 0 radical (unpaired) electrons. The molecule has 1 fully saturated rings. The van der Waals surface area contributed by atoms with Crippen molar-refractivity contribution in [3.8, 4) is 0 Å². The first kappa shape index (κ1) is 19.4. The van der Waals surface area contributed by atoms with Crippen LogP contribution in [0.25, 0.3) is 0 Å². The second-order valence-electron chi connectivity index (χ2n) is 6.44. The molecule has 1 aliphatic carbocycles. The fourth-order valence-electron chi connectivity index (χ4n) is 3.09. The Labute approximate surface area is 138 Å². The predicted octanol–water partition coefficient (Wildman–Crippen LogP) is 1.61. The molecular weight excluding hydrogens is 294 g/mol. The first-order valence-electron chi connectivity index (χ1n) is 8.58. The molecule has 0 aromatic rings. The van der Waals surface area contributed by atoms with E-state index in [-0.39, 0.29) is 35.9 Å². The molecule has 23 heavy (non-hydrogen) atoms. The molecule has 0 saturated heterocycles. The van der Waals surface area contributed by atoms with Gasteiger partial charge in [-0.25, -0.2) is 0 Å². The smallest absolute Gasteiger partial charge is 0.220 e. The molecule has 0 bridgehead atoms. The van der Waals surface area contributed by atoms with Crippen molar-refractivity contribution in [1.29, 1.82) is 0 Å². The number of ketones is 1. The number of allylic oxidation sites excluding steroid dienone is 2. The molecule has 1 aliphatic rings. The fourth-order valence-corrected chi connectivity index (χ4v) is 3.09. The highest BCUT2D eigenvalue weighted by Crippen LogP contribution is 2.34. The standard InChI is InChI=1S/C18H29NO4/c1-4-6-7-8-14-13(9-10-15(14)20)11-16(21)19-17(18(22)23)12(3)5-2/h6-7,12-14,17H,4-5,8-11H2,1-3H3,(H,19,21)(H,22,23)/p-1/b7-6-/t12-,13+,14-,17-/m0/s1. The van der Waals surface area contributed by atoms with Gasteiger partial charge in [-0.3, -0.25) is 9.59 Å². The van der Waals surface area contributed by atoms with Crippen molar-refractivity contribution >= 4 is 17.7 Å². The number of carboxylic acids is 1. The highest BCUT2D eigenvalue weighted by molar-refractivity contribution is 5.86. The number of carbonyl (C=O) groups is 3. The summed E-state index contributed by atoms with van der Waals surface area (Å²) in [6.45, 7) is 5.68. The van der Waals surface area contributed by atoms with Gasteiger partial charge in [0.05, 0.1) is 12.0 Å². The second-order valence-corrected chi connectivity index (χ2v) is 6.44. The number of rotatable bonds is 9. The van der Waals surface area contributed by atoms with Crippen LogP contribution in [0.5, 0.6) is 0 Å². The van der Waals surface area contributed by atoms with Crippen molar-refractivity contribution in [2.24, 2.45) is 17.8 Å². The van der Waals surface area contributed by atoms with E-state index in [9.17, 15) is 19.5 Å². The Morgan fingerprint density at radius 3 is 2.61 bits per heavy atom. The van der Waals surface area contributed by atoms with Crippen LogP contribution < -0.4 is 10.4 Å². The number of carboxylic acid groups (broad SMARTS) is 1. The Morgan fingerprint density at radius 2 is 2.04 bits per heavy atom. The van der Waals surface area contributed by atoms with E-state index in [1.807, 2.05) is 26.0 Å². The number of aliphatic carboxylic acids is 1. The minimum absolute atomic E-state index is 0.00310. The highest BCUT2D eigenvalue weighted by Gasteiger charge is 2.35. The van der Waals surface area contributed by atoms with Crippen molar-refractivity contribution in [3.63, 3.8) is 0 Å². The van der Waals surface area contributed by atoms with Crippen LogP contribution in [0.1, 0.15) is 59.3 Å². The lowest BCUT2D eigenvalue weighted by atomic mass is 9.89. The SMILES string of the molecule is CC/C=C\C[C@@H]1C(=O)CC[C@@H]1CC(=O)N[C@H](C(=O)[O-])[C@@H](C)CC. The lowest BCUT2D eigenvalue weighted by Crippen LogP contribution is -2.51. The molecule has 0 aromatic heterocycles. The van der Waals surface area contributed by atoms with E-state index in [0.29, 0.717) is 25.7 Å². The van der Waals surface area contributed by atoms with Gasteiger partial charge in [-0.05, 0) is 31.1 Å². The van der Waals surface area contributed by atoms with Crippen LogP contribution in [0.3, 0.4) is 0 Å². The normalized spacial score (nSPS) is 23.9. The van der Waals surface area contributed by atoms with E-state index in [1.165, 1.54) is 0 Å². The summed E-state index contributed by atoms with van der Waals surface area (Å²) >= 11 is 0. The highest BCUT2D eigenvalue weighted by atomic mass is 16.4. The maximum atomic E-state index is 12.2. The summed E-state index contributed by atoms with van der Waals surface area (Å²) in [6, 6.07) is -0.969. The lowest BCUT2D eigenvalue weighted by Gasteiger charge is -2.26. The number of nitrogens with one attached hydrogen (secondary N) is 1. The van der Waals surface area contributed by atoms with Gasteiger partial charge in [0.25, 0.3) is 0 Å². The topological polar surface area (TPSA) is 86.3 Å². The summed E-state index contributed by atoms with van der Waals surface area (Å²) in [6.07, 6.45) is 7.68. The zero-order valence-electron chi connectivity index (χ0n) is 14.3. The number of hydrogen-bond donors (Lipinski definition) is 1. The molecule has 0 unspecified atom stereocenters. The van der Waals surface area contributed by atoms with Gasteiger partial charge in [-0.15, -0.1) is 0 Å². The van der Waals surface area contributed by atoms with E-state index in [2.05, 4.69) is 5.32 Å². The van der Waals surface area contributed by atoms with Gasteiger partial charge in [0.1, 0.15) is 5.78 Å². The fraction of sp³-hybridized carbons (Fsp3) is 0.722. The minimum Gasteiger partial charge on any atom is -0.548 e. The third-order valence-corrected chi connectivity index (χ3v) is 4.77. The Kier molecular flexibility index (Phi) is 8.00. The minimum atomic E-state index is -1.25. The first-order chi connectivity index (χ1) is 10.9. The first-order valence-corrected chi connectivity index (χ1v) is 8.58. The molecule has 0 heterocycles. The quantitative estimate of drug-likeness (QED) is 0.653. The summed E-state index contributed by atoms with van der Waals surface area (Å²) in [5.74, 6) is -1.64. The summed E-state index contributed by atoms with van der Waals surface area (Å²) in [5, 5.41) is 13.7. The number of amides is 1. The van der Waals surface area contributed by atoms with Crippen molar-refractivity contribution in [2.75, 3.05) is 0 Å². The van der Waals surface area contributed by atoms with Crippen LogP contribution in [0.2, 0.25) is 0 Å². The van der Waals surface area contributed by atoms with Crippen LogP contribution in [-0.4, -0.2) is 23.7 Å². The third-order valence-electron chi connectivity index (χ3n) is 4.77. The molecule has 5 nitrogen and oxygen atoms in total. The Balaban J connectivity index is 2.62. The molecule has 1 rings (SSSR count). The summed E-state index contributed by atoms with van der Waals surface area (Å²) in [5.41, 5.74) is 0. The maximum Gasteiger partial charge on any atom is 0.220 e. The Morgan fingerprint density at radius 1 is 1.35 bits per heavy atom. The largest absolute Gasteiger partial charge is 0.548 e. The van der Waals surface area contributed by atoms with E-state index < -0.39 is 12.0 Å². The van der Waals surface area contributed by atoms with E-state index in [4.69, 9.17) is 0 Å². The second kappa shape index (κ2) is 9.48. The van der Waals surface area contributed by atoms with Crippen molar-refractivity contribution in [3.05, 3.63) is 12.2 Å². The molecule has 4 atom stereocenters. The average Bonchev–Trinajstić information content (AvgIpc) is 2.84. The van der Waals surface area contributed by atoms with Crippen LogP contribution in [-0.2, 0) is 14.4 Å². The molecule has 0 aromatic carbocycles. The molecular formula is C18H28NO4-. The van der Waals surface area contributed by atoms with Gasteiger partial charge < -0.3 is 15.2 Å². The summed E-state index contributed by atoms with van der Waals surface area (Å²) < 4.78 is 0. The number of carbonyl (C=O) groups excluding carboxylic acids is 3. The lowest BCUT2D eigenvalue weighted by molar-refractivity contribution is -0.309. The van der Waals surface area contributed by atoms with Crippen molar-refractivity contribution < 1.29 is 19.5 Å². The summed E-state index contributed by atoms with van der Waals surface area (Å²) in [7, 11) is 0. The van der Waals surface area contributed by atoms with Crippen molar-refractivity contribution in [1.82, 2.24) is 5.32 Å². The molecule has 0 aliphatic heterocycles. The number of Topliss-reactive ketones (excluding diaryl/α,β-unsaturated/α-hetero) is 1. The van der Waals surface area contributed by atoms with E-state index in [1.54, 1.807) is 6.92 Å². The molecule has 0 spiro atoms. The molecule has 130 valence electrons. The zero-order valence-corrected chi connectivity index (χ0v) is 14.3. The van der Waals surface area contributed by atoms with Gasteiger partial charge >= 0.3 is 0 Å². The Hall–Kier alpha value is -1.65. The predicted molar refractivity (Wildman–Crippen MR) is 86.3 cm³/mol. The van der Waals surface area contributed by atoms with Gasteiger partial charge in [0.2, 0.25) is 5.91 Å². The summed E-state index contributed by atoms with van der Waals surface area (Å²) in [4.78, 5) is 35.3. The van der Waals surface area contributed by atoms with Crippen LogP contribution >= 0.6 is 0 Å². The zero-order chi connectivity index (χ0) is 17.4. The Bertz CT molecular complexity index is 458. The molecule has 1 amide bonds. The van der Waals surface area contributed by atoms with Crippen LogP contribution in [0.4, 0.5) is 0 Å². The van der Waals surface area contributed by atoms with Crippen molar-refractivity contribution in [2.45, 2.75) is 65.3 Å². The molecule has 1 saturated carbocycles. The van der Waals surface area contributed by atoms with Gasteiger partial charge in [0.15, 0.2) is 0 Å². The van der Waals surface area contributed by atoms with E-state index >= 15 is 0 Å². The van der Waals surface area contributed by atoms with Crippen LogP contribution in [0.15, 0.2) is 12.2 Å². The van der Waals surface area contributed by atoms with Gasteiger partial charge in [-0.1, -0.05) is 39.3 Å².